The molecule has 1 fully saturated rings. The highest BCUT2D eigenvalue weighted by atomic mass is 16.5. The highest BCUT2D eigenvalue weighted by molar-refractivity contribution is 6.06. The molecule has 3 heterocycles. The van der Waals surface area contributed by atoms with Crippen molar-refractivity contribution in [2.75, 3.05) is 39.4 Å². The molecule has 0 bridgehead atoms. The smallest absolute Gasteiger partial charge is 0.290 e. The molecule has 0 N–H and O–H groups in total. The molecular formula is C30H30N2O5. The molecule has 1 amide bonds. The Balaban J connectivity index is 1.46. The van der Waals surface area contributed by atoms with Gasteiger partial charge in [0.05, 0.1) is 36.3 Å². The monoisotopic (exact) mass is 498 g/mol. The van der Waals surface area contributed by atoms with E-state index in [0.717, 1.165) is 35.2 Å². The zero-order valence-corrected chi connectivity index (χ0v) is 21.1. The second kappa shape index (κ2) is 9.65. The number of fused-ring (bicyclic) bond motifs is 4. The van der Waals surface area contributed by atoms with E-state index < -0.39 is 6.04 Å². The molecule has 1 saturated heterocycles. The van der Waals surface area contributed by atoms with Crippen molar-refractivity contribution in [1.82, 2.24) is 9.80 Å². The van der Waals surface area contributed by atoms with Crippen LogP contribution in [0, 0.1) is 0 Å². The summed E-state index contributed by atoms with van der Waals surface area (Å²) in [4.78, 5) is 31.9. The predicted molar refractivity (Wildman–Crippen MR) is 142 cm³/mol. The summed E-state index contributed by atoms with van der Waals surface area (Å²) in [6, 6.07) is 18.6. The molecule has 2 aliphatic rings. The lowest BCUT2D eigenvalue weighted by molar-refractivity contribution is 0.0314. The quantitative estimate of drug-likeness (QED) is 0.362. The zero-order valence-electron chi connectivity index (χ0n) is 21.1. The Morgan fingerprint density at radius 3 is 2.43 bits per heavy atom. The summed E-state index contributed by atoms with van der Waals surface area (Å²) in [5, 5.41) is 2.28. The third-order valence-corrected chi connectivity index (χ3v) is 7.19. The number of rotatable bonds is 6. The Bertz CT molecular complexity index is 1520. The lowest BCUT2D eigenvalue weighted by atomic mass is 9.97. The molecule has 37 heavy (non-hydrogen) atoms. The average molecular weight is 499 g/mol. The normalized spacial score (nSPS) is 18.2. The van der Waals surface area contributed by atoms with E-state index in [1.54, 1.807) is 11.0 Å². The largest absolute Gasteiger partial charge is 0.491 e. The number of carbonyl (C=O) groups excluding carboxylic acids is 1. The number of ether oxygens (including phenoxy) is 2. The number of amides is 1. The topological polar surface area (TPSA) is 72.2 Å². The van der Waals surface area contributed by atoms with Crippen LogP contribution in [0.5, 0.6) is 5.75 Å². The standard InChI is InChI=1S/C30H30N2O5/c1-19(2)36-22-10-7-21(8-11-22)26-25-27(33)24-12-9-20-5-3-4-6-23(20)28(24)37-29(25)30(34)32(26)14-13-31-15-17-35-18-16-31/h3-12,19,26H,13-18H2,1-2H3. The van der Waals surface area contributed by atoms with Crippen LogP contribution in [0.15, 0.2) is 69.9 Å². The molecular weight excluding hydrogens is 468 g/mol. The van der Waals surface area contributed by atoms with Crippen LogP contribution in [0.1, 0.15) is 41.6 Å². The Morgan fingerprint density at radius 1 is 0.919 bits per heavy atom. The first-order chi connectivity index (χ1) is 18.0. The summed E-state index contributed by atoms with van der Waals surface area (Å²) in [6.07, 6.45) is 0.0536. The molecule has 1 atom stereocenters. The van der Waals surface area contributed by atoms with Gasteiger partial charge in [-0.25, -0.2) is 0 Å². The van der Waals surface area contributed by atoms with Gasteiger partial charge >= 0.3 is 0 Å². The lowest BCUT2D eigenvalue weighted by Crippen LogP contribution is -2.42. The van der Waals surface area contributed by atoms with Crippen LogP contribution in [0.2, 0.25) is 0 Å². The van der Waals surface area contributed by atoms with Gasteiger partial charge in [0.15, 0.2) is 5.43 Å². The van der Waals surface area contributed by atoms with Crippen molar-refractivity contribution in [2.24, 2.45) is 0 Å². The highest BCUT2D eigenvalue weighted by Crippen LogP contribution is 2.39. The SMILES string of the molecule is CC(C)Oc1ccc(C2c3c(oc4c(ccc5ccccc54)c3=O)C(=O)N2CCN2CCOCC2)cc1. The molecule has 190 valence electrons. The first kappa shape index (κ1) is 23.7. The summed E-state index contributed by atoms with van der Waals surface area (Å²) in [5.41, 5.74) is 1.58. The van der Waals surface area contributed by atoms with Crippen molar-refractivity contribution in [3.8, 4) is 5.75 Å². The summed E-state index contributed by atoms with van der Waals surface area (Å²) in [7, 11) is 0. The van der Waals surface area contributed by atoms with Crippen LogP contribution in [0.3, 0.4) is 0 Å². The molecule has 6 rings (SSSR count). The molecule has 0 radical (unpaired) electrons. The van der Waals surface area contributed by atoms with Crippen molar-refractivity contribution in [3.05, 3.63) is 87.8 Å². The minimum absolute atomic E-state index is 0.0536. The van der Waals surface area contributed by atoms with Gasteiger partial charge in [-0.2, -0.15) is 0 Å². The second-order valence-corrected chi connectivity index (χ2v) is 9.93. The van der Waals surface area contributed by atoms with Gasteiger partial charge in [-0.15, -0.1) is 0 Å². The zero-order chi connectivity index (χ0) is 25.5. The van der Waals surface area contributed by atoms with Gasteiger partial charge in [-0.05, 0) is 43.0 Å². The van der Waals surface area contributed by atoms with Crippen molar-refractivity contribution in [2.45, 2.75) is 26.0 Å². The molecule has 0 spiro atoms. The third-order valence-electron chi connectivity index (χ3n) is 7.19. The average Bonchev–Trinajstić information content (AvgIpc) is 3.19. The maximum Gasteiger partial charge on any atom is 0.290 e. The summed E-state index contributed by atoms with van der Waals surface area (Å²) >= 11 is 0. The van der Waals surface area contributed by atoms with E-state index >= 15 is 0 Å². The van der Waals surface area contributed by atoms with E-state index in [2.05, 4.69) is 4.90 Å². The minimum Gasteiger partial charge on any atom is -0.491 e. The van der Waals surface area contributed by atoms with E-state index in [1.165, 1.54) is 0 Å². The van der Waals surface area contributed by atoms with Gasteiger partial charge in [-0.1, -0.05) is 42.5 Å². The van der Waals surface area contributed by atoms with E-state index in [4.69, 9.17) is 13.9 Å². The van der Waals surface area contributed by atoms with Gasteiger partial charge in [0.1, 0.15) is 11.3 Å². The molecule has 0 saturated carbocycles. The predicted octanol–water partition coefficient (Wildman–Crippen LogP) is 4.61. The fourth-order valence-electron chi connectivity index (χ4n) is 5.40. The number of hydrogen-bond acceptors (Lipinski definition) is 6. The molecule has 7 nitrogen and oxygen atoms in total. The number of carbonyl (C=O) groups is 1. The van der Waals surface area contributed by atoms with Crippen LogP contribution in [0.4, 0.5) is 0 Å². The van der Waals surface area contributed by atoms with Crippen LogP contribution in [-0.2, 0) is 4.74 Å². The minimum atomic E-state index is -0.524. The summed E-state index contributed by atoms with van der Waals surface area (Å²) in [5.74, 6) is 0.645. The number of benzene rings is 3. The molecule has 2 aliphatic heterocycles. The van der Waals surface area contributed by atoms with Crippen molar-refractivity contribution >= 4 is 27.6 Å². The lowest BCUT2D eigenvalue weighted by Gasteiger charge is -2.31. The van der Waals surface area contributed by atoms with Crippen molar-refractivity contribution in [3.63, 3.8) is 0 Å². The number of morpholine rings is 1. The van der Waals surface area contributed by atoms with Gasteiger partial charge in [0.2, 0.25) is 5.76 Å². The molecule has 7 heteroatoms. The first-order valence-corrected chi connectivity index (χ1v) is 12.9. The van der Waals surface area contributed by atoms with E-state index in [1.807, 2.05) is 68.4 Å². The summed E-state index contributed by atoms with van der Waals surface area (Å²) in [6.45, 7) is 8.17. The first-order valence-electron chi connectivity index (χ1n) is 12.9. The molecule has 0 aliphatic carbocycles. The van der Waals surface area contributed by atoms with Gasteiger partial charge in [0, 0.05) is 31.6 Å². The van der Waals surface area contributed by atoms with Gasteiger partial charge in [-0.3, -0.25) is 14.5 Å². The van der Waals surface area contributed by atoms with Crippen LogP contribution < -0.4 is 10.2 Å². The molecule has 1 aromatic heterocycles. The fourth-order valence-corrected chi connectivity index (χ4v) is 5.40. The molecule has 3 aromatic carbocycles. The number of hydrogen-bond donors (Lipinski definition) is 0. The third kappa shape index (κ3) is 4.28. The second-order valence-electron chi connectivity index (χ2n) is 9.93. The van der Waals surface area contributed by atoms with E-state index in [-0.39, 0.29) is 23.2 Å². The van der Waals surface area contributed by atoms with Crippen LogP contribution in [0.25, 0.3) is 21.7 Å². The Morgan fingerprint density at radius 2 is 1.68 bits per heavy atom. The Labute approximate surface area is 215 Å². The van der Waals surface area contributed by atoms with Crippen molar-refractivity contribution < 1.29 is 18.7 Å². The fraction of sp³-hybridized carbons (Fsp3) is 0.333. The highest BCUT2D eigenvalue weighted by Gasteiger charge is 2.42. The van der Waals surface area contributed by atoms with Gasteiger partial charge in [0.25, 0.3) is 5.91 Å². The van der Waals surface area contributed by atoms with Crippen LogP contribution in [-0.4, -0.2) is 61.2 Å². The Hall–Kier alpha value is -3.68. The Kier molecular flexibility index (Phi) is 6.18. The number of nitrogens with zero attached hydrogens (tertiary/aromatic N) is 2. The molecule has 1 unspecified atom stereocenters. The van der Waals surface area contributed by atoms with E-state index in [0.29, 0.717) is 42.8 Å². The van der Waals surface area contributed by atoms with Crippen molar-refractivity contribution in [1.29, 1.82) is 0 Å². The maximum atomic E-state index is 14.0. The molecule has 4 aromatic rings. The van der Waals surface area contributed by atoms with E-state index in [9.17, 15) is 9.59 Å². The summed E-state index contributed by atoms with van der Waals surface area (Å²) < 4.78 is 17.6. The van der Waals surface area contributed by atoms with Crippen LogP contribution >= 0.6 is 0 Å². The maximum absolute atomic E-state index is 14.0. The van der Waals surface area contributed by atoms with Gasteiger partial charge < -0.3 is 18.8 Å².